The fourth-order valence-electron chi connectivity index (χ4n) is 3.79. The molecule has 2 aromatic rings. The Morgan fingerprint density at radius 1 is 1.03 bits per heavy atom. The molecule has 0 amide bonds. The molecule has 156 valence electrons. The van der Waals surface area contributed by atoms with Crippen molar-refractivity contribution in [3.8, 4) is 5.75 Å². The minimum absolute atomic E-state index is 0.0938. The number of hydrogen-bond acceptors (Lipinski definition) is 6. The molecule has 0 saturated carbocycles. The molecule has 3 rings (SSSR count). The predicted octanol–water partition coefficient (Wildman–Crippen LogP) is 4.35. The van der Waals surface area contributed by atoms with Crippen molar-refractivity contribution in [3.05, 3.63) is 64.7 Å². The molecule has 0 radical (unpaired) electrons. The first kappa shape index (κ1) is 21.4. The summed E-state index contributed by atoms with van der Waals surface area (Å²) in [5.41, 5.74) is -0.339. The minimum atomic E-state index is -1.90. The number of ketones is 2. The van der Waals surface area contributed by atoms with E-state index in [1.54, 1.807) is 36.4 Å². The second kappa shape index (κ2) is 8.22. The molecule has 0 fully saturated rings. The number of hydrogen-bond donors (Lipinski definition) is 0. The molecule has 30 heavy (non-hydrogen) atoms. The van der Waals surface area contributed by atoms with E-state index in [-0.39, 0.29) is 40.6 Å². The third kappa shape index (κ3) is 3.77. The number of rotatable bonds is 5. The highest BCUT2D eigenvalue weighted by molar-refractivity contribution is 6.18. The lowest BCUT2D eigenvalue weighted by Crippen LogP contribution is -2.46. The third-order valence-corrected chi connectivity index (χ3v) is 5.44. The van der Waals surface area contributed by atoms with Crippen LogP contribution in [-0.4, -0.2) is 23.5 Å². The highest BCUT2D eigenvalue weighted by Gasteiger charge is 2.52. The summed E-state index contributed by atoms with van der Waals surface area (Å²) >= 11 is 0. The molecule has 2 atom stereocenters. The number of carbonyl (C=O) groups excluding carboxylic acids is 4. The summed E-state index contributed by atoms with van der Waals surface area (Å²) in [7, 11) is 0. The van der Waals surface area contributed by atoms with Crippen LogP contribution in [0.3, 0.4) is 0 Å². The summed E-state index contributed by atoms with van der Waals surface area (Å²) in [6.07, 6.45) is 0.475. The summed E-state index contributed by atoms with van der Waals surface area (Å²) in [5.74, 6) is -1.89. The van der Waals surface area contributed by atoms with Crippen molar-refractivity contribution in [1.29, 1.82) is 0 Å². The van der Waals surface area contributed by atoms with Gasteiger partial charge in [-0.2, -0.15) is 0 Å². The van der Waals surface area contributed by atoms with E-state index in [0.717, 1.165) is 12.0 Å². The molecule has 0 bridgehead atoms. The monoisotopic (exact) mass is 408 g/mol. The molecule has 0 aromatic heterocycles. The highest BCUT2D eigenvalue weighted by Crippen LogP contribution is 2.44. The van der Waals surface area contributed by atoms with Gasteiger partial charge in [-0.15, -0.1) is 0 Å². The van der Waals surface area contributed by atoms with Crippen molar-refractivity contribution in [2.24, 2.45) is 0 Å². The van der Waals surface area contributed by atoms with E-state index in [9.17, 15) is 19.2 Å². The molecule has 6 heteroatoms. The van der Waals surface area contributed by atoms with Crippen LogP contribution in [0.25, 0.3) is 0 Å². The van der Waals surface area contributed by atoms with E-state index in [0.29, 0.717) is 0 Å². The lowest BCUT2D eigenvalue weighted by molar-refractivity contribution is -0.153. The third-order valence-electron chi connectivity index (χ3n) is 5.44. The van der Waals surface area contributed by atoms with E-state index in [1.807, 2.05) is 13.8 Å². The van der Waals surface area contributed by atoms with Crippen molar-refractivity contribution in [1.82, 2.24) is 0 Å². The summed E-state index contributed by atoms with van der Waals surface area (Å²) in [6.45, 7) is 6.47. The van der Waals surface area contributed by atoms with Gasteiger partial charge in [-0.25, -0.2) is 0 Å². The molecule has 0 N–H and O–H groups in total. The van der Waals surface area contributed by atoms with Crippen molar-refractivity contribution in [2.75, 3.05) is 0 Å². The van der Waals surface area contributed by atoms with Gasteiger partial charge in [0.2, 0.25) is 11.4 Å². The SMILES string of the molecule is CCC(C)c1ccc(OC(C)=O)c(C2(OC(C)=O)CC(=O)c3ccccc3C2=O)c1. The molecule has 0 heterocycles. The van der Waals surface area contributed by atoms with Crippen molar-refractivity contribution < 1.29 is 28.7 Å². The lowest BCUT2D eigenvalue weighted by atomic mass is 9.73. The fourth-order valence-corrected chi connectivity index (χ4v) is 3.79. The van der Waals surface area contributed by atoms with Crippen molar-refractivity contribution in [3.63, 3.8) is 0 Å². The van der Waals surface area contributed by atoms with Gasteiger partial charge in [0.1, 0.15) is 5.75 Å². The lowest BCUT2D eigenvalue weighted by Gasteiger charge is -2.36. The van der Waals surface area contributed by atoms with Gasteiger partial charge in [0.25, 0.3) is 0 Å². The van der Waals surface area contributed by atoms with Crippen LogP contribution in [0.15, 0.2) is 42.5 Å². The Morgan fingerprint density at radius 3 is 2.30 bits per heavy atom. The second-order valence-corrected chi connectivity index (χ2v) is 7.55. The molecule has 6 nitrogen and oxygen atoms in total. The Hall–Kier alpha value is -3.28. The van der Waals surface area contributed by atoms with E-state index in [4.69, 9.17) is 9.47 Å². The highest BCUT2D eigenvalue weighted by atomic mass is 16.6. The van der Waals surface area contributed by atoms with E-state index < -0.39 is 23.3 Å². The summed E-state index contributed by atoms with van der Waals surface area (Å²) in [4.78, 5) is 50.4. The standard InChI is InChI=1S/C24H24O6/c1-5-14(2)17-10-11-22(29-15(3)25)20(12-17)24(30-16(4)26)13-21(27)18-8-6-7-9-19(18)23(24)28/h6-12,14H,5,13H2,1-4H3. The van der Waals surface area contributed by atoms with Gasteiger partial charge in [0, 0.05) is 30.5 Å². The molecule has 0 spiro atoms. The Kier molecular flexibility index (Phi) is 5.87. The number of ether oxygens (including phenoxy) is 2. The Morgan fingerprint density at radius 2 is 1.70 bits per heavy atom. The molecule has 1 aliphatic carbocycles. The maximum atomic E-state index is 13.6. The van der Waals surface area contributed by atoms with Gasteiger partial charge in [-0.3, -0.25) is 19.2 Å². The maximum absolute atomic E-state index is 13.6. The van der Waals surface area contributed by atoms with Crippen LogP contribution >= 0.6 is 0 Å². The Bertz CT molecular complexity index is 1040. The van der Waals surface area contributed by atoms with Gasteiger partial charge in [0.15, 0.2) is 5.78 Å². The Labute approximate surface area is 175 Å². The zero-order valence-corrected chi connectivity index (χ0v) is 17.5. The first-order valence-electron chi connectivity index (χ1n) is 9.89. The van der Waals surface area contributed by atoms with Crippen LogP contribution in [0.2, 0.25) is 0 Å². The smallest absolute Gasteiger partial charge is 0.308 e. The maximum Gasteiger partial charge on any atom is 0.308 e. The summed E-state index contributed by atoms with van der Waals surface area (Å²) < 4.78 is 10.9. The number of Topliss-reactive ketones (excluding diaryl/α,β-unsaturated/α-hetero) is 2. The predicted molar refractivity (Wildman–Crippen MR) is 110 cm³/mol. The molecule has 2 unspecified atom stereocenters. The molecule has 0 aliphatic heterocycles. The second-order valence-electron chi connectivity index (χ2n) is 7.55. The average Bonchev–Trinajstić information content (AvgIpc) is 2.70. The first-order chi connectivity index (χ1) is 14.2. The topological polar surface area (TPSA) is 86.7 Å². The van der Waals surface area contributed by atoms with Gasteiger partial charge in [-0.05, 0) is 30.0 Å². The quantitative estimate of drug-likeness (QED) is 0.540. The van der Waals surface area contributed by atoms with Crippen molar-refractivity contribution >= 4 is 23.5 Å². The zero-order chi connectivity index (χ0) is 22.1. The first-order valence-corrected chi connectivity index (χ1v) is 9.89. The molecule has 2 aromatic carbocycles. The fraction of sp³-hybridized carbons (Fsp3) is 0.333. The largest absolute Gasteiger partial charge is 0.445 e. The number of esters is 2. The van der Waals surface area contributed by atoms with E-state index in [2.05, 4.69) is 0 Å². The molecule has 0 saturated heterocycles. The number of fused-ring (bicyclic) bond motifs is 1. The minimum Gasteiger partial charge on any atom is -0.445 e. The van der Waals surface area contributed by atoms with Crippen LogP contribution < -0.4 is 4.74 Å². The Balaban J connectivity index is 2.31. The molecular formula is C24H24O6. The molecule has 1 aliphatic rings. The normalized spacial score (nSPS) is 19.1. The van der Waals surface area contributed by atoms with Gasteiger partial charge < -0.3 is 9.47 Å². The van der Waals surface area contributed by atoms with Gasteiger partial charge in [-0.1, -0.05) is 44.2 Å². The molecular weight excluding hydrogens is 384 g/mol. The summed E-state index contributed by atoms with van der Waals surface area (Å²) in [5, 5.41) is 0. The average molecular weight is 408 g/mol. The van der Waals surface area contributed by atoms with E-state index in [1.165, 1.54) is 19.9 Å². The van der Waals surface area contributed by atoms with E-state index >= 15 is 0 Å². The van der Waals surface area contributed by atoms with Gasteiger partial charge >= 0.3 is 11.9 Å². The van der Waals surface area contributed by atoms with Crippen LogP contribution in [-0.2, 0) is 19.9 Å². The van der Waals surface area contributed by atoms with Crippen LogP contribution in [0.4, 0.5) is 0 Å². The van der Waals surface area contributed by atoms with Crippen LogP contribution in [0, 0.1) is 0 Å². The zero-order valence-electron chi connectivity index (χ0n) is 17.5. The van der Waals surface area contributed by atoms with Gasteiger partial charge in [0.05, 0.1) is 6.42 Å². The van der Waals surface area contributed by atoms with Crippen molar-refractivity contribution in [2.45, 2.75) is 52.1 Å². The number of carbonyl (C=O) groups is 4. The number of benzene rings is 2. The van der Waals surface area contributed by atoms with Crippen LogP contribution in [0.1, 0.15) is 78.3 Å². The van der Waals surface area contributed by atoms with Crippen LogP contribution in [0.5, 0.6) is 5.75 Å². The summed E-state index contributed by atoms with van der Waals surface area (Å²) in [6, 6.07) is 11.5.